The second-order valence-electron chi connectivity index (χ2n) is 6.00. The number of nitrogens with zero attached hydrogens (tertiary/aromatic N) is 2. The van der Waals surface area contributed by atoms with Gasteiger partial charge in [0.2, 0.25) is 11.8 Å². The third kappa shape index (κ3) is 2.22. The molecule has 0 aliphatic carbocycles. The Hall–Kier alpha value is -3.73. The molecule has 0 unspecified atom stereocenters. The lowest BCUT2D eigenvalue weighted by Crippen LogP contribution is -2.25. The van der Waals surface area contributed by atoms with Gasteiger partial charge in [0.05, 0.1) is 18.5 Å². The van der Waals surface area contributed by atoms with Crippen molar-refractivity contribution in [2.45, 2.75) is 12.8 Å². The number of hydrogen-bond donors (Lipinski definition) is 3. The molecule has 0 radical (unpaired) electrons. The zero-order chi connectivity index (χ0) is 18.4. The van der Waals surface area contributed by atoms with Gasteiger partial charge in [0, 0.05) is 22.9 Å². The van der Waals surface area contributed by atoms with Crippen LogP contribution in [0.15, 0.2) is 40.5 Å². The van der Waals surface area contributed by atoms with E-state index < -0.39 is 5.92 Å². The summed E-state index contributed by atoms with van der Waals surface area (Å²) in [6.07, 6.45) is 0. The maximum Gasteiger partial charge on any atom is 0.252 e. The largest absolute Gasteiger partial charge is 0.497 e. The van der Waals surface area contributed by atoms with Crippen molar-refractivity contribution in [3.05, 3.63) is 62.9 Å². The van der Waals surface area contributed by atoms with Crippen LogP contribution in [0.1, 0.15) is 22.7 Å². The Morgan fingerprint density at radius 1 is 1.38 bits per heavy atom. The first kappa shape index (κ1) is 15.8. The molecule has 1 aliphatic heterocycles. The molecule has 8 heteroatoms. The van der Waals surface area contributed by atoms with Gasteiger partial charge in [-0.3, -0.25) is 9.89 Å². The lowest BCUT2D eigenvalue weighted by Gasteiger charge is -2.23. The molecule has 26 heavy (non-hydrogen) atoms. The van der Waals surface area contributed by atoms with Crippen LogP contribution < -0.4 is 20.8 Å². The second kappa shape index (κ2) is 5.67. The van der Waals surface area contributed by atoms with E-state index in [0.717, 1.165) is 5.39 Å². The molecule has 1 aliphatic rings. The number of aromatic nitrogens is 3. The van der Waals surface area contributed by atoms with E-state index >= 15 is 0 Å². The molecular weight excluding hydrogens is 334 g/mol. The Labute approximate surface area is 147 Å². The molecule has 0 bridgehead atoms. The molecule has 3 aromatic rings. The topological polar surface area (TPSA) is 130 Å². The first-order valence-corrected chi connectivity index (χ1v) is 7.87. The number of allylic oxidation sites excluding steroid dienone is 1. The highest BCUT2D eigenvalue weighted by Gasteiger charge is 2.35. The molecule has 0 fully saturated rings. The lowest BCUT2D eigenvalue weighted by atomic mass is 9.84. The monoisotopic (exact) mass is 349 g/mol. The van der Waals surface area contributed by atoms with Gasteiger partial charge in [0.25, 0.3) is 5.56 Å². The minimum atomic E-state index is -0.655. The highest BCUT2D eigenvalue weighted by Crippen LogP contribution is 2.41. The van der Waals surface area contributed by atoms with Crippen LogP contribution in [0.2, 0.25) is 0 Å². The number of ether oxygens (including phenoxy) is 2. The van der Waals surface area contributed by atoms with Crippen molar-refractivity contribution in [1.82, 2.24) is 15.2 Å². The Bertz CT molecular complexity index is 1170. The maximum atomic E-state index is 12.8. The molecule has 0 saturated carbocycles. The van der Waals surface area contributed by atoms with Gasteiger partial charge in [0.15, 0.2) is 0 Å². The fourth-order valence-electron chi connectivity index (χ4n) is 3.25. The Balaban J connectivity index is 1.99. The van der Waals surface area contributed by atoms with Crippen molar-refractivity contribution >= 4 is 10.9 Å². The number of aromatic amines is 2. The first-order valence-electron chi connectivity index (χ1n) is 7.87. The van der Waals surface area contributed by atoms with Crippen LogP contribution in [0, 0.1) is 18.3 Å². The summed E-state index contributed by atoms with van der Waals surface area (Å²) in [4.78, 5) is 15.7. The van der Waals surface area contributed by atoms with Crippen LogP contribution in [0.3, 0.4) is 0 Å². The van der Waals surface area contributed by atoms with Crippen LogP contribution in [-0.4, -0.2) is 22.3 Å². The quantitative estimate of drug-likeness (QED) is 0.646. The van der Waals surface area contributed by atoms with Crippen molar-refractivity contribution in [3.63, 3.8) is 0 Å². The van der Waals surface area contributed by atoms with E-state index in [0.29, 0.717) is 28.1 Å². The van der Waals surface area contributed by atoms with Crippen molar-refractivity contribution in [1.29, 1.82) is 5.26 Å². The maximum absolute atomic E-state index is 12.8. The fraction of sp³-hybridized carbons (Fsp3) is 0.167. The number of aryl methyl sites for hydroxylation is 1. The second-order valence-corrected chi connectivity index (χ2v) is 6.00. The molecular formula is C18H15N5O3. The predicted molar refractivity (Wildman–Crippen MR) is 93.7 cm³/mol. The molecule has 3 heterocycles. The average Bonchev–Trinajstić information content (AvgIpc) is 3.00. The van der Waals surface area contributed by atoms with Gasteiger partial charge in [-0.2, -0.15) is 5.26 Å². The van der Waals surface area contributed by atoms with Crippen molar-refractivity contribution in [3.8, 4) is 17.7 Å². The van der Waals surface area contributed by atoms with E-state index in [2.05, 4.69) is 21.3 Å². The van der Waals surface area contributed by atoms with Gasteiger partial charge in [-0.15, -0.1) is 5.10 Å². The van der Waals surface area contributed by atoms with Crippen molar-refractivity contribution < 1.29 is 9.47 Å². The van der Waals surface area contributed by atoms with Gasteiger partial charge in [-0.1, -0.05) is 0 Å². The molecule has 130 valence electrons. The van der Waals surface area contributed by atoms with E-state index in [4.69, 9.17) is 15.2 Å². The number of nitriles is 1. The smallest absolute Gasteiger partial charge is 0.252 e. The number of nitrogens with one attached hydrogen (secondary N) is 2. The Morgan fingerprint density at radius 2 is 2.19 bits per heavy atom. The number of methoxy groups -OCH3 is 1. The number of benzene rings is 1. The van der Waals surface area contributed by atoms with Crippen LogP contribution >= 0.6 is 0 Å². The number of pyridine rings is 1. The van der Waals surface area contributed by atoms with Crippen LogP contribution in [-0.2, 0) is 0 Å². The number of rotatable bonds is 2. The van der Waals surface area contributed by atoms with Gasteiger partial charge >= 0.3 is 0 Å². The van der Waals surface area contributed by atoms with E-state index in [1.54, 1.807) is 32.2 Å². The molecule has 1 atom stereocenters. The van der Waals surface area contributed by atoms with Gasteiger partial charge in [-0.05, 0) is 30.5 Å². The summed E-state index contributed by atoms with van der Waals surface area (Å²) in [5, 5.41) is 17.3. The van der Waals surface area contributed by atoms with Crippen LogP contribution in [0.25, 0.3) is 10.9 Å². The molecule has 4 N–H and O–H groups in total. The van der Waals surface area contributed by atoms with Crippen LogP contribution in [0.4, 0.5) is 0 Å². The number of H-pyrrole nitrogens is 2. The highest BCUT2D eigenvalue weighted by atomic mass is 16.5. The third-order valence-electron chi connectivity index (χ3n) is 4.52. The highest BCUT2D eigenvalue weighted by molar-refractivity contribution is 5.81. The molecule has 0 spiro atoms. The zero-order valence-electron chi connectivity index (χ0n) is 14.1. The Kier molecular flexibility index (Phi) is 3.44. The summed E-state index contributed by atoms with van der Waals surface area (Å²) in [5.41, 5.74) is 8.14. The Morgan fingerprint density at radius 3 is 2.92 bits per heavy atom. The normalized spacial score (nSPS) is 16.1. The number of fused-ring (bicyclic) bond motifs is 2. The minimum absolute atomic E-state index is 0.0503. The van der Waals surface area contributed by atoms with Gasteiger partial charge in [0.1, 0.15) is 17.4 Å². The van der Waals surface area contributed by atoms with E-state index in [1.165, 1.54) is 0 Å². The third-order valence-corrected chi connectivity index (χ3v) is 4.52. The molecule has 2 aromatic heterocycles. The summed E-state index contributed by atoms with van der Waals surface area (Å²) >= 11 is 0. The summed E-state index contributed by atoms with van der Waals surface area (Å²) in [6, 6.07) is 9.21. The van der Waals surface area contributed by atoms with E-state index in [1.807, 2.05) is 6.07 Å². The summed E-state index contributed by atoms with van der Waals surface area (Å²) in [7, 11) is 1.56. The van der Waals surface area contributed by atoms with Crippen molar-refractivity contribution in [2.24, 2.45) is 5.73 Å². The SMILES string of the molecule is COc1ccc2cc([C@H]3C(C#N)=C(N)Oc4n[nH]c(C)c43)c(=O)[nH]c2c1. The van der Waals surface area contributed by atoms with E-state index in [-0.39, 0.29) is 22.9 Å². The summed E-state index contributed by atoms with van der Waals surface area (Å²) in [5.74, 6) is 0.212. The molecule has 4 rings (SSSR count). The zero-order valence-corrected chi connectivity index (χ0v) is 14.1. The van der Waals surface area contributed by atoms with Crippen LogP contribution in [0.5, 0.6) is 11.6 Å². The standard InChI is InChI=1S/C18H15N5O3/c1-8-14-15(12(7-19)16(20)26-18(14)23-22-8)11-5-9-3-4-10(25-2)6-13(9)21-17(11)24/h3-6,15H,20H2,1-2H3,(H,21,24)(H,22,23)/t15-/m0/s1. The molecule has 1 aromatic carbocycles. The summed E-state index contributed by atoms with van der Waals surface area (Å²) < 4.78 is 10.6. The van der Waals surface area contributed by atoms with Gasteiger partial charge < -0.3 is 20.2 Å². The number of hydrogen-bond acceptors (Lipinski definition) is 6. The van der Waals surface area contributed by atoms with E-state index in [9.17, 15) is 10.1 Å². The minimum Gasteiger partial charge on any atom is -0.497 e. The lowest BCUT2D eigenvalue weighted by molar-refractivity contribution is 0.378. The fourth-order valence-corrected chi connectivity index (χ4v) is 3.25. The molecule has 0 saturated heterocycles. The summed E-state index contributed by atoms with van der Waals surface area (Å²) in [6.45, 7) is 1.80. The average molecular weight is 349 g/mol. The number of nitrogens with two attached hydrogens (primary N) is 1. The van der Waals surface area contributed by atoms with Crippen molar-refractivity contribution in [2.75, 3.05) is 7.11 Å². The molecule has 8 nitrogen and oxygen atoms in total. The predicted octanol–water partition coefficient (Wildman–Crippen LogP) is 1.79. The molecule has 0 amide bonds. The van der Waals surface area contributed by atoms with Gasteiger partial charge in [-0.25, -0.2) is 0 Å². The first-order chi connectivity index (χ1) is 12.5.